The molecular weight excluding hydrogens is 623 g/mol. The third kappa shape index (κ3) is 8.20. The van der Waals surface area contributed by atoms with E-state index in [-0.39, 0.29) is 60.2 Å². The molecule has 6 N–H and O–H groups in total. The summed E-state index contributed by atoms with van der Waals surface area (Å²) in [6, 6.07) is 5.52. The molecule has 0 radical (unpaired) electrons. The summed E-state index contributed by atoms with van der Waals surface area (Å²) in [7, 11) is 5.18. The zero-order chi connectivity index (χ0) is 32.8. The van der Waals surface area contributed by atoms with Crippen molar-refractivity contribution in [3.05, 3.63) is 46.0 Å². The number of phenolic OH excluding ortho intramolecular Hbond substituents is 2. The molecule has 0 aromatic heterocycles. The van der Waals surface area contributed by atoms with Gasteiger partial charge in [0.25, 0.3) is 0 Å². The number of fused-ring (bicyclic) bond motifs is 5. The van der Waals surface area contributed by atoms with Crippen molar-refractivity contribution in [2.75, 3.05) is 31.8 Å². The fourth-order valence-corrected chi connectivity index (χ4v) is 9.16. The molecule has 3 aliphatic rings. The molecule has 0 amide bonds. The van der Waals surface area contributed by atoms with Crippen LogP contribution in [0.5, 0.6) is 23.0 Å². The molecule has 46 heavy (non-hydrogen) atoms. The number of nitrogens with two attached hydrogens (primary N) is 1. The van der Waals surface area contributed by atoms with Crippen LogP contribution < -0.4 is 20.5 Å². The van der Waals surface area contributed by atoms with Gasteiger partial charge >= 0.3 is 0 Å². The van der Waals surface area contributed by atoms with Gasteiger partial charge in [0.15, 0.2) is 29.0 Å². The average Bonchev–Trinajstić information content (AvgIpc) is 3.03. The molecule has 2 aromatic carbocycles. The lowest BCUT2D eigenvalue weighted by Gasteiger charge is -2.33. The maximum atomic E-state index is 12.8. The van der Waals surface area contributed by atoms with E-state index in [0.29, 0.717) is 67.6 Å². The molecule has 0 saturated heterocycles. The quantitative estimate of drug-likeness (QED) is 0.236. The van der Waals surface area contributed by atoms with E-state index in [0.717, 1.165) is 28.2 Å². The molecule has 2 bridgehead atoms. The number of rotatable bonds is 3. The highest BCUT2D eigenvalue weighted by atomic mass is 33.1. The van der Waals surface area contributed by atoms with Crippen molar-refractivity contribution in [1.29, 1.82) is 0 Å². The molecule has 5 rings (SSSR count). The first kappa shape index (κ1) is 34.1. The van der Waals surface area contributed by atoms with Gasteiger partial charge < -0.3 is 35.8 Å². The Balaban J connectivity index is 1.45. The Kier molecular flexibility index (Phi) is 11.6. The number of nitrogens with zero attached hydrogens (tertiary/aromatic N) is 1. The van der Waals surface area contributed by atoms with Gasteiger partial charge in [-0.2, -0.15) is 0 Å². The van der Waals surface area contributed by atoms with E-state index in [1.165, 1.54) is 13.2 Å². The number of carbonyl (C=O) groups excluding carboxylic acids is 1. The minimum absolute atomic E-state index is 0.0334. The van der Waals surface area contributed by atoms with Gasteiger partial charge in [-0.1, -0.05) is 59.4 Å². The van der Waals surface area contributed by atoms with Gasteiger partial charge in [0, 0.05) is 60.4 Å². The summed E-state index contributed by atoms with van der Waals surface area (Å²) in [5.41, 5.74) is 10.1. The molecule has 0 spiro atoms. The van der Waals surface area contributed by atoms with Crippen molar-refractivity contribution in [1.82, 2.24) is 5.32 Å². The molecule has 2 aromatic rings. The van der Waals surface area contributed by atoms with E-state index in [9.17, 15) is 20.1 Å². The molecule has 4 atom stereocenters. The molecule has 0 saturated carbocycles. The molecule has 9 nitrogen and oxygen atoms in total. The number of aromatic hydroxyl groups is 2. The van der Waals surface area contributed by atoms with Gasteiger partial charge in [0.1, 0.15) is 5.78 Å². The van der Waals surface area contributed by atoms with Crippen LogP contribution in [0, 0.1) is 29.6 Å². The summed E-state index contributed by atoms with van der Waals surface area (Å²) < 4.78 is 11.8. The largest absolute Gasteiger partial charge is 0.504 e. The summed E-state index contributed by atoms with van der Waals surface area (Å²) in [6.07, 6.45) is 1.83. The Morgan fingerprint density at radius 3 is 2.67 bits per heavy atom. The van der Waals surface area contributed by atoms with E-state index < -0.39 is 6.10 Å². The number of Topliss-reactive ketones (excluding diaryl/α,β-unsaturated/α-hetero) is 1. The number of aliphatic hydroxyl groups excluding tert-OH is 1. The summed E-state index contributed by atoms with van der Waals surface area (Å²) in [5, 5.41) is 36.1. The molecule has 0 unspecified atom stereocenters. The molecule has 11 heteroatoms. The number of ether oxygens (including phenoxy) is 2. The number of guanidine groups is 1. The van der Waals surface area contributed by atoms with E-state index >= 15 is 0 Å². The second-order valence-electron chi connectivity index (χ2n) is 12.7. The van der Waals surface area contributed by atoms with Crippen molar-refractivity contribution >= 4 is 33.3 Å². The number of carbonyl (C=O) groups is 1. The van der Waals surface area contributed by atoms with Crippen molar-refractivity contribution in [2.24, 2.45) is 28.5 Å². The maximum absolute atomic E-state index is 12.8. The monoisotopic (exact) mass is 667 g/mol. The molecule has 0 fully saturated rings. The average molecular weight is 668 g/mol. The van der Waals surface area contributed by atoms with Crippen LogP contribution in [0.3, 0.4) is 0 Å². The van der Waals surface area contributed by atoms with Crippen molar-refractivity contribution in [2.45, 2.75) is 70.9 Å². The molecule has 2 aliphatic heterocycles. The van der Waals surface area contributed by atoms with Crippen LogP contribution in [-0.2, 0) is 30.5 Å². The number of benzene rings is 2. The number of aryl methyl sites for hydroxylation is 2. The van der Waals surface area contributed by atoms with E-state index in [1.807, 2.05) is 27.7 Å². The predicted octanol–water partition coefficient (Wildman–Crippen LogP) is 4.39. The second kappa shape index (κ2) is 15.6. The van der Waals surface area contributed by atoms with Crippen LogP contribution >= 0.6 is 21.6 Å². The maximum Gasteiger partial charge on any atom is 0.188 e. The number of ketones is 1. The van der Waals surface area contributed by atoms with Crippen molar-refractivity contribution in [3.8, 4) is 34.8 Å². The minimum atomic E-state index is -0.790. The first-order valence-electron chi connectivity index (χ1n) is 16.0. The van der Waals surface area contributed by atoms with Gasteiger partial charge in [0.2, 0.25) is 0 Å². The Labute approximate surface area is 279 Å². The third-order valence-corrected chi connectivity index (χ3v) is 11.7. The number of nitrogens with one attached hydrogen (secondary N) is 1. The van der Waals surface area contributed by atoms with Crippen LogP contribution in [0.2, 0.25) is 0 Å². The fraction of sp³-hybridized carbons (Fsp3) is 0.543. The second-order valence-corrected chi connectivity index (χ2v) is 15.3. The number of aliphatic imine (C=N–C) groups is 1. The fourth-order valence-electron chi connectivity index (χ4n) is 6.25. The third-order valence-electron chi connectivity index (χ3n) is 9.15. The minimum Gasteiger partial charge on any atom is -0.504 e. The van der Waals surface area contributed by atoms with E-state index in [2.05, 4.69) is 31.0 Å². The lowest BCUT2D eigenvalue weighted by atomic mass is 9.82. The highest BCUT2D eigenvalue weighted by Gasteiger charge is 2.32. The van der Waals surface area contributed by atoms with Gasteiger partial charge in [0.05, 0.1) is 25.4 Å². The lowest BCUT2D eigenvalue weighted by Crippen LogP contribution is -2.45. The van der Waals surface area contributed by atoms with E-state index in [1.54, 1.807) is 6.07 Å². The standard InChI is InChI=1S/C35H45N3O6S2/c1-20(2)30-19-46-45-18-25(16-37-35(36)38-30)24-14-29-22-8-11-27(40)15-26(39)10-7-21-9-12-31(41)33(43-3)28(21)6-4-5-23(13-22)32(42)34(29)44-17-24/h9,12-13,20,24-25,27,30,40-42H,5,7-8,10-11,14-19H2,1-3H3,(H3,36,37,38)/t24-,25-,27-,30+/m1/s1. The van der Waals surface area contributed by atoms with Gasteiger partial charge in [-0.05, 0) is 54.7 Å². The van der Waals surface area contributed by atoms with Gasteiger partial charge in [-0.3, -0.25) is 9.79 Å². The van der Waals surface area contributed by atoms with Crippen LogP contribution in [0.4, 0.5) is 0 Å². The van der Waals surface area contributed by atoms with Crippen molar-refractivity contribution in [3.63, 3.8) is 0 Å². The number of aliphatic hydroxyl groups is 1. The van der Waals surface area contributed by atoms with Crippen LogP contribution in [-0.4, -0.2) is 71.0 Å². The Morgan fingerprint density at radius 2 is 1.89 bits per heavy atom. The number of hydrogen-bond donors (Lipinski definition) is 5. The molecule has 2 heterocycles. The van der Waals surface area contributed by atoms with Crippen LogP contribution in [0.1, 0.15) is 60.9 Å². The van der Waals surface area contributed by atoms with Gasteiger partial charge in [-0.25, -0.2) is 0 Å². The van der Waals surface area contributed by atoms with E-state index in [4.69, 9.17) is 20.2 Å². The first-order chi connectivity index (χ1) is 22.1. The van der Waals surface area contributed by atoms with Crippen LogP contribution in [0.15, 0.2) is 23.2 Å². The SMILES string of the molecule is COc1c(O)ccc2c1C#CCc1cc(c3c(c1O)OC[C@H]([C@@H]1CN=C(N)N[C@H](C(C)C)CSSC1)C3)CC[C@@H](O)CC(=O)CC2. The topological polar surface area (TPSA) is 147 Å². The highest BCUT2D eigenvalue weighted by molar-refractivity contribution is 8.76. The Bertz CT molecular complexity index is 1520. The smallest absolute Gasteiger partial charge is 0.188 e. The zero-order valence-corrected chi connectivity index (χ0v) is 28.4. The Hall–Kier alpha value is -3.20. The first-order valence-corrected chi connectivity index (χ1v) is 18.5. The highest BCUT2D eigenvalue weighted by Crippen LogP contribution is 2.44. The van der Waals surface area contributed by atoms with Crippen LogP contribution in [0.25, 0.3) is 0 Å². The van der Waals surface area contributed by atoms with Gasteiger partial charge in [-0.15, -0.1) is 0 Å². The van der Waals surface area contributed by atoms with Crippen molar-refractivity contribution < 1.29 is 29.6 Å². The molecule has 248 valence electrons. The zero-order valence-electron chi connectivity index (χ0n) is 26.8. The Morgan fingerprint density at radius 1 is 1.09 bits per heavy atom. The normalized spacial score (nSPS) is 24.4. The summed E-state index contributed by atoms with van der Waals surface area (Å²) in [6.45, 7) is 5.39. The molecular formula is C35H45N3O6S2. The summed E-state index contributed by atoms with van der Waals surface area (Å²) >= 11 is 0. The number of methoxy groups -OCH3 is 1. The summed E-state index contributed by atoms with van der Waals surface area (Å²) in [4.78, 5) is 17.6. The lowest BCUT2D eigenvalue weighted by molar-refractivity contribution is -0.121. The molecule has 1 aliphatic carbocycles. The number of phenols is 2. The predicted molar refractivity (Wildman–Crippen MR) is 185 cm³/mol. The number of hydrogen-bond acceptors (Lipinski definition) is 11. The summed E-state index contributed by atoms with van der Waals surface area (Å²) in [5.74, 6) is 10.2.